The molecule has 6 nitrogen and oxygen atoms in total. The third kappa shape index (κ3) is 7.68. The highest BCUT2D eigenvalue weighted by molar-refractivity contribution is 5.87. The van der Waals surface area contributed by atoms with Gasteiger partial charge in [0, 0.05) is 6.42 Å². The second kappa shape index (κ2) is 11.3. The number of amides is 1. The van der Waals surface area contributed by atoms with Crippen molar-refractivity contribution in [2.45, 2.75) is 51.5 Å². The fourth-order valence-corrected chi connectivity index (χ4v) is 2.91. The second-order valence-electron chi connectivity index (χ2n) is 7.49. The summed E-state index contributed by atoms with van der Waals surface area (Å²) < 4.78 is 5.33. The van der Waals surface area contributed by atoms with Gasteiger partial charge in [0.1, 0.15) is 12.6 Å². The number of aliphatic hydroxyl groups excluding tert-OH is 2. The number of rotatable bonds is 10. The highest BCUT2D eigenvalue weighted by Gasteiger charge is 2.30. The lowest BCUT2D eigenvalue weighted by atomic mass is 10.0. The van der Waals surface area contributed by atoms with E-state index >= 15 is 0 Å². The normalized spacial score (nSPS) is 14.1. The molecule has 2 aromatic rings. The molecule has 0 fully saturated rings. The van der Waals surface area contributed by atoms with Crippen LogP contribution in [0.25, 0.3) is 0 Å². The van der Waals surface area contributed by atoms with Crippen molar-refractivity contribution < 1.29 is 24.5 Å². The summed E-state index contributed by atoms with van der Waals surface area (Å²) in [6.45, 7) is 3.94. The Bertz CT molecular complexity index is 763. The summed E-state index contributed by atoms with van der Waals surface area (Å²) in [5, 5.41) is 22.9. The zero-order valence-corrected chi connectivity index (χ0v) is 16.8. The first-order valence-corrected chi connectivity index (χ1v) is 9.77. The van der Waals surface area contributed by atoms with Crippen molar-refractivity contribution in [2.24, 2.45) is 5.92 Å². The molecule has 2 rings (SSSR count). The standard InChI is InChI=1S/C23H29NO5/c1-16(2)13-19(23(28)29-15-18-11-7-4-8-12-18)24-22(27)21(26)20(25)14-17-9-5-3-6-10-17/h3-12,16,19-21,25-26H,13-15H2,1-2H3,(H,24,27)/t19-,20-,21-/m0/s1. The van der Waals surface area contributed by atoms with Crippen LogP contribution in [0.3, 0.4) is 0 Å². The van der Waals surface area contributed by atoms with Gasteiger partial charge in [0.25, 0.3) is 5.91 Å². The van der Waals surface area contributed by atoms with E-state index in [4.69, 9.17) is 4.74 Å². The van der Waals surface area contributed by atoms with E-state index in [1.54, 1.807) is 12.1 Å². The number of nitrogens with one attached hydrogen (secondary N) is 1. The van der Waals surface area contributed by atoms with Crippen molar-refractivity contribution in [1.82, 2.24) is 5.32 Å². The van der Waals surface area contributed by atoms with Crippen LogP contribution in [0.15, 0.2) is 60.7 Å². The van der Waals surface area contributed by atoms with Gasteiger partial charge in [-0.15, -0.1) is 0 Å². The summed E-state index contributed by atoms with van der Waals surface area (Å²) in [6, 6.07) is 17.4. The van der Waals surface area contributed by atoms with Crippen LogP contribution >= 0.6 is 0 Å². The van der Waals surface area contributed by atoms with E-state index in [9.17, 15) is 19.8 Å². The van der Waals surface area contributed by atoms with Gasteiger partial charge in [-0.1, -0.05) is 74.5 Å². The molecule has 1 amide bonds. The minimum Gasteiger partial charge on any atom is -0.459 e. The van der Waals surface area contributed by atoms with E-state index in [1.165, 1.54) is 0 Å². The molecule has 0 radical (unpaired) electrons. The molecule has 0 saturated heterocycles. The highest BCUT2D eigenvalue weighted by Crippen LogP contribution is 2.11. The van der Waals surface area contributed by atoms with Crippen LogP contribution in [0.1, 0.15) is 31.4 Å². The Hall–Kier alpha value is -2.70. The number of carbonyl (C=O) groups is 2. The number of hydrogen-bond acceptors (Lipinski definition) is 5. The molecule has 0 saturated carbocycles. The summed E-state index contributed by atoms with van der Waals surface area (Å²) in [6.07, 6.45) is -2.44. The molecule has 3 N–H and O–H groups in total. The predicted molar refractivity (Wildman–Crippen MR) is 110 cm³/mol. The van der Waals surface area contributed by atoms with Gasteiger partial charge in [0.2, 0.25) is 0 Å². The lowest BCUT2D eigenvalue weighted by Crippen LogP contribution is -2.50. The second-order valence-corrected chi connectivity index (χ2v) is 7.49. The van der Waals surface area contributed by atoms with Crippen LogP contribution < -0.4 is 5.32 Å². The third-order valence-electron chi connectivity index (χ3n) is 4.45. The number of hydrogen-bond donors (Lipinski definition) is 3. The Labute approximate surface area is 171 Å². The predicted octanol–water partition coefficient (Wildman–Crippen LogP) is 2.23. The maximum absolute atomic E-state index is 12.5. The van der Waals surface area contributed by atoms with Crippen molar-refractivity contribution >= 4 is 11.9 Å². The van der Waals surface area contributed by atoms with Gasteiger partial charge in [-0.05, 0) is 23.5 Å². The molecule has 0 aliphatic rings. The topological polar surface area (TPSA) is 95.9 Å². The zero-order chi connectivity index (χ0) is 21.2. The summed E-state index contributed by atoms with van der Waals surface area (Å²) in [5.41, 5.74) is 1.64. The fourth-order valence-electron chi connectivity index (χ4n) is 2.91. The Balaban J connectivity index is 1.94. The zero-order valence-electron chi connectivity index (χ0n) is 16.8. The molecule has 29 heavy (non-hydrogen) atoms. The largest absolute Gasteiger partial charge is 0.459 e. The molecule has 0 bridgehead atoms. The number of carbonyl (C=O) groups excluding carboxylic acids is 2. The highest BCUT2D eigenvalue weighted by atomic mass is 16.5. The number of benzene rings is 2. The molecule has 0 aliphatic heterocycles. The van der Waals surface area contributed by atoms with Crippen molar-refractivity contribution in [1.29, 1.82) is 0 Å². The first kappa shape index (κ1) is 22.6. The van der Waals surface area contributed by atoms with Gasteiger partial charge in [0.05, 0.1) is 6.10 Å². The summed E-state index contributed by atoms with van der Waals surface area (Å²) in [4.78, 5) is 24.9. The van der Waals surface area contributed by atoms with Crippen LogP contribution in [0.4, 0.5) is 0 Å². The SMILES string of the molecule is CC(C)C[C@H](NC(=O)[C@@H](O)[C@@H](O)Cc1ccccc1)C(=O)OCc1ccccc1. The Morgan fingerprint density at radius 3 is 2.03 bits per heavy atom. The van der Waals surface area contributed by atoms with Gasteiger partial charge >= 0.3 is 5.97 Å². The molecule has 0 spiro atoms. The molecule has 3 atom stereocenters. The molecule has 6 heteroatoms. The molecular formula is C23H29NO5. The number of aliphatic hydroxyl groups is 2. The van der Waals surface area contributed by atoms with Gasteiger partial charge in [-0.2, -0.15) is 0 Å². The van der Waals surface area contributed by atoms with Crippen LogP contribution in [-0.2, 0) is 27.4 Å². The molecule has 156 valence electrons. The molecule has 2 aromatic carbocycles. The van der Waals surface area contributed by atoms with Crippen LogP contribution in [-0.4, -0.2) is 40.3 Å². The quantitative estimate of drug-likeness (QED) is 0.533. The van der Waals surface area contributed by atoms with E-state index in [-0.39, 0.29) is 18.9 Å². The van der Waals surface area contributed by atoms with E-state index in [0.717, 1.165) is 11.1 Å². The van der Waals surface area contributed by atoms with Crippen molar-refractivity contribution in [2.75, 3.05) is 0 Å². The number of ether oxygens (including phenoxy) is 1. The Morgan fingerprint density at radius 1 is 0.931 bits per heavy atom. The average Bonchev–Trinajstić information content (AvgIpc) is 2.72. The summed E-state index contributed by atoms with van der Waals surface area (Å²) >= 11 is 0. The van der Waals surface area contributed by atoms with Gasteiger partial charge < -0.3 is 20.3 Å². The minimum absolute atomic E-state index is 0.101. The lowest BCUT2D eigenvalue weighted by Gasteiger charge is -2.23. The van der Waals surface area contributed by atoms with E-state index in [2.05, 4.69) is 5.32 Å². The monoisotopic (exact) mass is 399 g/mol. The summed E-state index contributed by atoms with van der Waals surface area (Å²) in [7, 11) is 0. The maximum Gasteiger partial charge on any atom is 0.328 e. The third-order valence-corrected chi connectivity index (χ3v) is 4.45. The lowest BCUT2D eigenvalue weighted by molar-refractivity contribution is -0.151. The first-order valence-electron chi connectivity index (χ1n) is 9.77. The molecule has 0 unspecified atom stereocenters. The van der Waals surface area contributed by atoms with E-state index in [0.29, 0.717) is 6.42 Å². The molecule has 0 aromatic heterocycles. The smallest absolute Gasteiger partial charge is 0.328 e. The van der Waals surface area contributed by atoms with Crippen molar-refractivity contribution in [3.63, 3.8) is 0 Å². The maximum atomic E-state index is 12.5. The fraction of sp³-hybridized carbons (Fsp3) is 0.391. The van der Waals surface area contributed by atoms with Crippen LogP contribution in [0.5, 0.6) is 0 Å². The van der Waals surface area contributed by atoms with Crippen molar-refractivity contribution in [3.05, 3.63) is 71.8 Å². The Morgan fingerprint density at radius 2 is 1.48 bits per heavy atom. The van der Waals surface area contributed by atoms with E-state index in [1.807, 2.05) is 62.4 Å². The van der Waals surface area contributed by atoms with Gasteiger partial charge in [-0.25, -0.2) is 4.79 Å². The van der Waals surface area contributed by atoms with E-state index < -0.39 is 30.1 Å². The summed E-state index contributed by atoms with van der Waals surface area (Å²) in [5.74, 6) is -1.24. The first-order chi connectivity index (χ1) is 13.9. The molecular weight excluding hydrogens is 370 g/mol. The van der Waals surface area contributed by atoms with Crippen LogP contribution in [0.2, 0.25) is 0 Å². The minimum atomic E-state index is -1.65. The van der Waals surface area contributed by atoms with Crippen LogP contribution in [0, 0.1) is 5.92 Å². The Kier molecular flexibility index (Phi) is 8.83. The molecule has 0 aliphatic carbocycles. The molecule has 0 heterocycles. The average molecular weight is 399 g/mol. The number of esters is 1. The van der Waals surface area contributed by atoms with Crippen molar-refractivity contribution in [3.8, 4) is 0 Å². The van der Waals surface area contributed by atoms with Gasteiger partial charge in [-0.3, -0.25) is 4.79 Å². The van der Waals surface area contributed by atoms with Gasteiger partial charge in [0.15, 0.2) is 6.10 Å².